The van der Waals surface area contributed by atoms with Gasteiger partial charge in [-0.3, -0.25) is 0 Å². The Bertz CT molecular complexity index is 859. The van der Waals surface area contributed by atoms with E-state index >= 15 is 0 Å². The molecule has 0 atom stereocenters. The van der Waals surface area contributed by atoms with E-state index in [1.54, 1.807) is 0 Å². The van der Waals surface area contributed by atoms with Crippen molar-refractivity contribution in [2.24, 2.45) is 4.99 Å². The fourth-order valence-corrected chi connectivity index (χ4v) is 4.09. The molecule has 1 aromatic rings. The fourth-order valence-electron chi connectivity index (χ4n) is 3.11. The van der Waals surface area contributed by atoms with Crippen molar-refractivity contribution in [2.45, 2.75) is 37.9 Å². The molecule has 2 heterocycles. The highest BCUT2D eigenvalue weighted by Crippen LogP contribution is 2.32. The molecular weight excluding hydrogens is 540 g/mol. The lowest BCUT2D eigenvalue weighted by atomic mass is 10.1. The second-order valence-corrected chi connectivity index (χ2v) is 8.58. The monoisotopic (exact) mass is 564 g/mol. The Morgan fingerprint density at radius 2 is 1.90 bits per heavy atom. The van der Waals surface area contributed by atoms with Gasteiger partial charge in [0.2, 0.25) is 6.79 Å². The Balaban J connectivity index is 0.00000320. The van der Waals surface area contributed by atoms with E-state index in [0.717, 1.165) is 5.56 Å². The zero-order valence-electron chi connectivity index (χ0n) is 16.2. The minimum absolute atomic E-state index is 0. The van der Waals surface area contributed by atoms with Gasteiger partial charge in [0.1, 0.15) is 0 Å². The molecule has 8 nitrogen and oxygen atoms in total. The average Bonchev–Trinajstić information content (AvgIpc) is 3.13. The Kier molecular flexibility index (Phi) is 8.44. The van der Waals surface area contributed by atoms with Crippen molar-refractivity contribution in [2.75, 3.05) is 26.4 Å². The molecule has 0 amide bonds. The molecule has 1 saturated heterocycles. The molecular formula is C17H24F3IN4O4S. The zero-order chi connectivity index (χ0) is 21.1. The molecule has 13 heteroatoms. The quantitative estimate of drug-likeness (QED) is 0.325. The van der Waals surface area contributed by atoms with E-state index in [2.05, 4.69) is 15.6 Å². The van der Waals surface area contributed by atoms with Gasteiger partial charge in [-0.25, -0.2) is 13.4 Å². The van der Waals surface area contributed by atoms with Crippen LogP contribution in [0.1, 0.15) is 25.3 Å². The van der Waals surface area contributed by atoms with Crippen molar-refractivity contribution in [1.29, 1.82) is 0 Å². The first-order valence-corrected chi connectivity index (χ1v) is 10.6. The number of ether oxygens (including phenoxy) is 2. The third kappa shape index (κ3) is 5.81. The molecule has 1 fully saturated rings. The van der Waals surface area contributed by atoms with Crippen LogP contribution in [0.5, 0.6) is 11.5 Å². The summed E-state index contributed by atoms with van der Waals surface area (Å²) in [5, 5.41) is 6.26. The van der Waals surface area contributed by atoms with Crippen LogP contribution in [0.3, 0.4) is 0 Å². The van der Waals surface area contributed by atoms with Gasteiger partial charge in [0.05, 0.1) is 6.54 Å². The van der Waals surface area contributed by atoms with Crippen LogP contribution in [0.15, 0.2) is 23.2 Å². The molecule has 3 rings (SSSR count). The van der Waals surface area contributed by atoms with E-state index < -0.39 is 15.5 Å². The molecule has 0 spiro atoms. The van der Waals surface area contributed by atoms with Crippen molar-refractivity contribution in [3.63, 3.8) is 0 Å². The molecule has 0 unspecified atom stereocenters. The van der Waals surface area contributed by atoms with Crippen molar-refractivity contribution in [1.82, 2.24) is 14.9 Å². The molecule has 0 bridgehead atoms. The number of hydrogen-bond acceptors (Lipinski definition) is 5. The van der Waals surface area contributed by atoms with E-state index in [-0.39, 0.29) is 62.7 Å². The van der Waals surface area contributed by atoms with Crippen LogP contribution in [0.4, 0.5) is 13.2 Å². The first-order chi connectivity index (χ1) is 13.7. The van der Waals surface area contributed by atoms with E-state index in [4.69, 9.17) is 9.47 Å². The summed E-state index contributed by atoms with van der Waals surface area (Å²) in [4.78, 5) is 4.50. The number of aliphatic imine (C=N–C) groups is 1. The maximum absolute atomic E-state index is 12.7. The van der Waals surface area contributed by atoms with Crippen molar-refractivity contribution in [3.05, 3.63) is 23.8 Å². The standard InChI is InChI=1S/C17H23F3N4O4S.HI/c1-2-21-16(22-10-12-3-4-14-15(9-12)28-11-27-14)23-13-5-7-24(8-6-13)29(25,26)17(18,19)20;/h3-4,9,13H,2,5-8,10-11H2,1H3,(H2,21,22,23);1H. The van der Waals surface area contributed by atoms with Crippen LogP contribution < -0.4 is 20.1 Å². The molecule has 2 N–H and O–H groups in total. The molecule has 2 aliphatic heterocycles. The van der Waals surface area contributed by atoms with E-state index in [0.29, 0.717) is 34.9 Å². The predicted octanol–water partition coefficient (Wildman–Crippen LogP) is 2.40. The van der Waals surface area contributed by atoms with Crippen molar-refractivity contribution in [3.8, 4) is 11.5 Å². The lowest BCUT2D eigenvalue weighted by Crippen LogP contribution is -2.51. The highest BCUT2D eigenvalue weighted by Gasteiger charge is 2.50. The third-order valence-corrected chi connectivity index (χ3v) is 6.26. The van der Waals surface area contributed by atoms with Crippen LogP contribution in [-0.4, -0.2) is 56.7 Å². The first-order valence-electron chi connectivity index (χ1n) is 9.20. The lowest BCUT2D eigenvalue weighted by Gasteiger charge is -2.32. The highest BCUT2D eigenvalue weighted by molar-refractivity contribution is 14.0. The van der Waals surface area contributed by atoms with Crippen molar-refractivity contribution >= 4 is 40.0 Å². The second kappa shape index (κ2) is 10.2. The zero-order valence-corrected chi connectivity index (χ0v) is 19.4. The minimum Gasteiger partial charge on any atom is -0.454 e. The number of nitrogens with one attached hydrogen (secondary N) is 2. The number of halogens is 4. The Morgan fingerprint density at radius 3 is 2.53 bits per heavy atom. The summed E-state index contributed by atoms with van der Waals surface area (Å²) in [6, 6.07) is 5.35. The van der Waals surface area contributed by atoms with E-state index in [1.807, 2.05) is 25.1 Å². The SMILES string of the molecule is CCNC(=NCc1ccc2c(c1)OCO2)NC1CCN(S(=O)(=O)C(F)(F)F)CC1.I. The summed E-state index contributed by atoms with van der Waals surface area (Å²) < 4.78 is 72.1. The van der Waals surface area contributed by atoms with E-state index in [1.165, 1.54) is 0 Å². The van der Waals surface area contributed by atoms with Gasteiger partial charge in [0.25, 0.3) is 0 Å². The molecule has 0 aliphatic carbocycles. The number of fused-ring (bicyclic) bond motifs is 1. The lowest BCUT2D eigenvalue weighted by molar-refractivity contribution is -0.0494. The number of sulfonamides is 1. The summed E-state index contributed by atoms with van der Waals surface area (Å²) in [6.45, 7) is 2.68. The summed E-state index contributed by atoms with van der Waals surface area (Å²) in [6.07, 6.45) is 0.507. The topological polar surface area (TPSA) is 92.3 Å². The van der Waals surface area contributed by atoms with Gasteiger partial charge >= 0.3 is 15.5 Å². The van der Waals surface area contributed by atoms with Gasteiger partial charge in [-0.05, 0) is 37.5 Å². The minimum atomic E-state index is -5.28. The molecule has 0 saturated carbocycles. The largest absolute Gasteiger partial charge is 0.511 e. The third-order valence-electron chi connectivity index (χ3n) is 4.63. The van der Waals surface area contributed by atoms with E-state index in [9.17, 15) is 21.6 Å². The number of benzene rings is 1. The van der Waals surface area contributed by atoms with Gasteiger partial charge in [0.15, 0.2) is 17.5 Å². The van der Waals surface area contributed by atoms with Crippen LogP contribution in [0, 0.1) is 0 Å². The smallest absolute Gasteiger partial charge is 0.454 e. The van der Waals surface area contributed by atoms with Crippen LogP contribution in [-0.2, 0) is 16.6 Å². The second-order valence-electron chi connectivity index (χ2n) is 6.65. The number of nitrogens with zero attached hydrogens (tertiary/aromatic N) is 2. The Labute approximate surface area is 190 Å². The van der Waals surface area contributed by atoms with Crippen LogP contribution in [0.25, 0.3) is 0 Å². The van der Waals surface area contributed by atoms with Gasteiger partial charge in [-0.2, -0.15) is 17.5 Å². The first kappa shape index (κ1) is 24.8. The van der Waals surface area contributed by atoms with Gasteiger partial charge in [-0.15, -0.1) is 24.0 Å². The summed E-state index contributed by atoms with van der Waals surface area (Å²) in [7, 11) is -5.28. The Hall–Kier alpha value is -1.48. The predicted molar refractivity (Wildman–Crippen MR) is 116 cm³/mol. The molecule has 0 radical (unpaired) electrons. The number of alkyl halides is 3. The maximum Gasteiger partial charge on any atom is 0.511 e. The highest BCUT2D eigenvalue weighted by atomic mass is 127. The van der Waals surface area contributed by atoms with Gasteiger partial charge < -0.3 is 20.1 Å². The molecule has 30 heavy (non-hydrogen) atoms. The van der Waals surface area contributed by atoms with Gasteiger partial charge in [-0.1, -0.05) is 6.07 Å². The van der Waals surface area contributed by atoms with Gasteiger partial charge in [0, 0.05) is 25.7 Å². The molecule has 2 aliphatic rings. The number of guanidine groups is 1. The fraction of sp³-hybridized carbons (Fsp3) is 0.588. The summed E-state index contributed by atoms with van der Waals surface area (Å²) in [5.41, 5.74) is -4.36. The number of rotatable bonds is 5. The molecule has 1 aromatic carbocycles. The van der Waals surface area contributed by atoms with Crippen molar-refractivity contribution < 1.29 is 31.1 Å². The Morgan fingerprint density at radius 1 is 1.23 bits per heavy atom. The number of piperidine rings is 1. The van der Waals surface area contributed by atoms with Crippen LogP contribution >= 0.6 is 24.0 Å². The molecule has 0 aromatic heterocycles. The molecule has 170 valence electrons. The summed E-state index contributed by atoms with van der Waals surface area (Å²) in [5.74, 6) is 1.86. The maximum atomic E-state index is 12.7. The normalized spacial score (nSPS) is 18.1. The van der Waals surface area contributed by atoms with Crippen LogP contribution in [0.2, 0.25) is 0 Å². The summed E-state index contributed by atoms with van der Waals surface area (Å²) >= 11 is 0. The number of hydrogen-bond donors (Lipinski definition) is 2. The average molecular weight is 564 g/mol.